The Morgan fingerprint density at radius 2 is 2.16 bits per heavy atom. The summed E-state index contributed by atoms with van der Waals surface area (Å²) < 4.78 is 0. The van der Waals surface area contributed by atoms with Crippen LogP contribution in [-0.4, -0.2) is 26.8 Å². The van der Waals surface area contributed by atoms with E-state index in [0.29, 0.717) is 28.9 Å². The molecule has 0 radical (unpaired) electrons. The van der Waals surface area contributed by atoms with Gasteiger partial charge in [0.25, 0.3) is 5.56 Å². The van der Waals surface area contributed by atoms with Crippen molar-refractivity contribution in [3.63, 3.8) is 0 Å². The van der Waals surface area contributed by atoms with Crippen molar-refractivity contribution in [2.75, 3.05) is 5.75 Å². The molecule has 1 aromatic carbocycles. The van der Waals surface area contributed by atoms with E-state index >= 15 is 0 Å². The Morgan fingerprint density at radius 1 is 1.37 bits per heavy atom. The van der Waals surface area contributed by atoms with E-state index in [-0.39, 0.29) is 12.0 Å². The van der Waals surface area contributed by atoms with Crippen molar-refractivity contribution in [1.29, 1.82) is 0 Å². The summed E-state index contributed by atoms with van der Waals surface area (Å²) in [5.74, 6) is 1.17. The number of nitrogens with one attached hydrogen (secondary N) is 1. The summed E-state index contributed by atoms with van der Waals surface area (Å²) in [5.41, 5.74) is 0.555. The van der Waals surface area contributed by atoms with Gasteiger partial charge >= 0.3 is 5.97 Å². The first-order valence-corrected chi connectivity index (χ1v) is 7.10. The fraction of sp³-hybridized carbons (Fsp3) is 0.308. The molecule has 0 atom stereocenters. The van der Waals surface area contributed by atoms with Gasteiger partial charge < -0.3 is 10.1 Å². The third-order valence-corrected chi connectivity index (χ3v) is 3.63. The molecule has 0 saturated heterocycles. The van der Waals surface area contributed by atoms with Crippen molar-refractivity contribution in [3.05, 3.63) is 40.4 Å². The minimum Gasteiger partial charge on any atom is -0.481 e. The normalized spacial score (nSPS) is 10.7. The number of carbonyl (C=O) groups is 1. The van der Waals surface area contributed by atoms with Crippen LogP contribution in [-0.2, 0) is 10.5 Å². The fourth-order valence-electron chi connectivity index (χ4n) is 1.70. The number of para-hydroxylation sites is 1. The predicted molar refractivity (Wildman–Crippen MR) is 75.4 cm³/mol. The maximum absolute atomic E-state index is 11.8. The first-order valence-electron chi connectivity index (χ1n) is 5.94. The number of thioether (sulfide) groups is 1. The molecule has 2 rings (SSSR count). The summed E-state index contributed by atoms with van der Waals surface area (Å²) in [6.07, 6.45) is 0.798. The second-order valence-corrected chi connectivity index (χ2v) is 5.18. The highest BCUT2D eigenvalue weighted by molar-refractivity contribution is 7.98. The first-order chi connectivity index (χ1) is 9.16. The number of aliphatic carboxylic acids is 1. The molecule has 6 heteroatoms. The number of rotatable bonds is 6. The number of aromatic nitrogens is 2. The lowest BCUT2D eigenvalue weighted by Crippen LogP contribution is -2.11. The monoisotopic (exact) mass is 278 g/mol. The first kappa shape index (κ1) is 13.6. The van der Waals surface area contributed by atoms with Gasteiger partial charge in [0.1, 0.15) is 5.82 Å². The van der Waals surface area contributed by atoms with Gasteiger partial charge in [-0.15, -0.1) is 0 Å². The molecule has 1 aromatic heterocycles. The van der Waals surface area contributed by atoms with Gasteiger partial charge in [-0.2, -0.15) is 11.8 Å². The summed E-state index contributed by atoms with van der Waals surface area (Å²) in [6.45, 7) is 0. The van der Waals surface area contributed by atoms with E-state index in [1.807, 2.05) is 12.1 Å². The van der Waals surface area contributed by atoms with Gasteiger partial charge in [-0.3, -0.25) is 9.59 Å². The van der Waals surface area contributed by atoms with Crippen molar-refractivity contribution in [2.24, 2.45) is 0 Å². The van der Waals surface area contributed by atoms with Crippen molar-refractivity contribution in [1.82, 2.24) is 9.97 Å². The van der Waals surface area contributed by atoms with Crippen molar-refractivity contribution in [2.45, 2.75) is 18.6 Å². The number of benzene rings is 1. The maximum atomic E-state index is 11.8. The number of aromatic amines is 1. The predicted octanol–water partition coefficient (Wildman–Crippen LogP) is 2.02. The van der Waals surface area contributed by atoms with Crippen molar-refractivity contribution in [3.8, 4) is 0 Å². The summed E-state index contributed by atoms with van der Waals surface area (Å²) >= 11 is 1.57. The molecule has 5 nitrogen and oxygen atoms in total. The van der Waals surface area contributed by atoms with E-state index in [9.17, 15) is 9.59 Å². The number of carboxylic acid groups (broad SMARTS) is 1. The quantitative estimate of drug-likeness (QED) is 0.790. The van der Waals surface area contributed by atoms with Crippen LogP contribution in [0.25, 0.3) is 10.9 Å². The highest BCUT2D eigenvalue weighted by Gasteiger charge is 2.03. The maximum Gasteiger partial charge on any atom is 0.303 e. The molecular formula is C13H14N2O3S. The van der Waals surface area contributed by atoms with E-state index in [0.717, 1.165) is 5.75 Å². The molecule has 0 spiro atoms. The average Bonchev–Trinajstić information content (AvgIpc) is 2.38. The molecule has 0 fully saturated rings. The summed E-state index contributed by atoms with van der Waals surface area (Å²) in [5, 5.41) is 9.10. The second-order valence-electron chi connectivity index (χ2n) is 4.08. The molecule has 0 aliphatic carbocycles. The topological polar surface area (TPSA) is 83.0 Å². The molecular weight excluding hydrogens is 264 g/mol. The molecule has 0 unspecified atom stereocenters. The van der Waals surface area contributed by atoms with E-state index in [1.165, 1.54) is 0 Å². The lowest BCUT2D eigenvalue weighted by molar-refractivity contribution is -0.137. The summed E-state index contributed by atoms with van der Waals surface area (Å²) in [6, 6.07) is 7.20. The Balaban J connectivity index is 1.98. The Kier molecular flexibility index (Phi) is 4.57. The Hall–Kier alpha value is -1.82. The second kappa shape index (κ2) is 6.38. The standard InChI is InChI=1S/C13H14N2O3S/c16-12(17)6-3-7-19-8-11-14-10-5-2-1-4-9(10)13(18)15-11/h1-2,4-5H,3,6-8H2,(H,16,17)(H,14,15,18). The molecule has 0 saturated carbocycles. The molecule has 0 aliphatic heterocycles. The number of nitrogens with zero attached hydrogens (tertiary/aromatic N) is 1. The van der Waals surface area contributed by atoms with E-state index < -0.39 is 5.97 Å². The van der Waals surface area contributed by atoms with Gasteiger partial charge in [-0.05, 0) is 24.3 Å². The van der Waals surface area contributed by atoms with Crippen LogP contribution in [0, 0.1) is 0 Å². The zero-order chi connectivity index (χ0) is 13.7. The number of carboxylic acids is 1. The highest BCUT2D eigenvalue weighted by atomic mass is 32.2. The number of hydrogen-bond acceptors (Lipinski definition) is 4. The van der Waals surface area contributed by atoms with E-state index in [2.05, 4.69) is 9.97 Å². The van der Waals surface area contributed by atoms with Gasteiger partial charge in [0.15, 0.2) is 0 Å². The van der Waals surface area contributed by atoms with Gasteiger partial charge in [0, 0.05) is 6.42 Å². The smallest absolute Gasteiger partial charge is 0.303 e. The molecule has 19 heavy (non-hydrogen) atoms. The van der Waals surface area contributed by atoms with Crippen LogP contribution >= 0.6 is 11.8 Å². The molecule has 100 valence electrons. The number of H-pyrrole nitrogens is 1. The zero-order valence-corrected chi connectivity index (χ0v) is 11.1. The Morgan fingerprint density at radius 3 is 2.95 bits per heavy atom. The van der Waals surface area contributed by atoms with Crippen LogP contribution < -0.4 is 5.56 Å². The van der Waals surface area contributed by atoms with Crippen LogP contribution in [0.1, 0.15) is 18.7 Å². The van der Waals surface area contributed by atoms with Gasteiger partial charge in [-0.25, -0.2) is 4.98 Å². The van der Waals surface area contributed by atoms with Crippen LogP contribution in [0.15, 0.2) is 29.1 Å². The van der Waals surface area contributed by atoms with Crippen LogP contribution in [0.5, 0.6) is 0 Å². The molecule has 2 aromatic rings. The highest BCUT2D eigenvalue weighted by Crippen LogP contribution is 2.12. The summed E-state index contributed by atoms with van der Waals surface area (Å²) in [4.78, 5) is 29.3. The zero-order valence-electron chi connectivity index (χ0n) is 10.3. The molecule has 0 amide bonds. The number of hydrogen-bond donors (Lipinski definition) is 2. The van der Waals surface area contributed by atoms with Crippen molar-refractivity contribution >= 4 is 28.6 Å². The summed E-state index contributed by atoms with van der Waals surface area (Å²) in [7, 11) is 0. The van der Waals surface area contributed by atoms with Crippen LogP contribution in [0.2, 0.25) is 0 Å². The van der Waals surface area contributed by atoms with Crippen LogP contribution in [0.4, 0.5) is 0 Å². The Labute approximate surface area is 114 Å². The Bertz CT molecular complexity index is 639. The average molecular weight is 278 g/mol. The minimum atomic E-state index is -0.780. The van der Waals surface area contributed by atoms with Crippen molar-refractivity contribution < 1.29 is 9.90 Å². The largest absolute Gasteiger partial charge is 0.481 e. The molecule has 0 aliphatic rings. The number of fused-ring (bicyclic) bond motifs is 1. The van der Waals surface area contributed by atoms with E-state index in [1.54, 1.807) is 23.9 Å². The van der Waals surface area contributed by atoms with E-state index in [4.69, 9.17) is 5.11 Å². The molecule has 1 heterocycles. The molecule has 2 N–H and O–H groups in total. The van der Waals surface area contributed by atoms with Gasteiger partial charge in [0.2, 0.25) is 0 Å². The lowest BCUT2D eigenvalue weighted by atomic mass is 10.2. The third kappa shape index (κ3) is 3.82. The SMILES string of the molecule is O=C(O)CCCSCc1nc2ccccc2c(=O)[nH]1. The van der Waals surface area contributed by atoms with Gasteiger partial charge in [-0.1, -0.05) is 12.1 Å². The van der Waals surface area contributed by atoms with Crippen LogP contribution in [0.3, 0.4) is 0 Å². The lowest BCUT2D eigenvalue weighted by Gasteiger charge is -2.02. The third-order valence-electron chi connectivity index (χ3n) is 2.58. The fourth-order valence-corrected chi connectivity index (χ4v) is 2.52. The minimum absolute atomic E-state index is 0.133. The van der Waals surface area contributed by atoms with Gasteiger partial charge in [0.05, 0.1) is 16.7 Å². The molecule has 0 bridgehead atoms.